The number of Topliss-reactive ketones (excluding diaryl/α,β-unsaturated/α-hetero) is 1. The number of hydrogen-bond donors (Lipinski definition) is 0. The largest absolute Gasteiger partial charge is 0.293 e. The van der Waals surface area contributed by atoms with E-state index in [2.05, 4.69) is 6.92 Å². The highest BCUT2D eigenvalue weighted by atomic mass is 32.2. The summed E-state index contributed by atoms with van der Waals surface area (Å²) in [6.45, 7) is 2.31. The number of hydrogen-bond acceptors (Lipinski definition) is 1. The van der Waals surface area contributed by atoms with Crippen molar-refractivity contribution in [2.45, 2.75) is 63.0 Å². The maximum Gasteiger partial charge on any atom is 0.190 e. The molecule has 17 heavy (non-hydrogen) atoms. The molecule has 2 aliphatic carbocycles. The summed E-state index contributed by atoms with van der Waals surface area (Å²) in [5.41, 5.74) is 0. The molecule has 3 fully saturated rings. The zero-order chi connectivity index (χ0) is 11.9. The molecular weight excluding hydrogens is 228 g/mol. The molecule has 0 bridgehead atoms. The Bertz CT molecular complexity index is 308. The maximum absolute atomic E-state index is 12.9. The second-order valence-electron chi connectivity index (χ2n) is 6.39. The third kappa shape index (κ3) is 1.97. The van der Waals surface area contributed by atoms with Gasteiger partial charge in [0.05, 0.1) is 0 Å². The molecule has 3 atom stereocenters. The van der Waals surface area contributed by atoms with Crippen LogP contribution in [0.4, 0.5) is 0 Å². The van der Waals surface area contributed by atoms with Gasteiger partial charge >= 0.3 is 0 Å². The topological polar surface area (TPSA) is 17.1 Å². The van der Waals surface area contributed by atoms with Crippen LogP contribution in [0.2, 0.25) is 0 Å². The fourth-order valence-electron chi connectivity index (χ4n) is 4.27. The molecule has 1 saturated heterocycles. The van der Waals surface area contributed by atoms with Crippen molar-refractivity contribution >= 4 is 16.7 Å². The molecule has 0 aromatic rings. The summed E-state index contributed by atoms with van der Waals surface area (Å²) in [4.78, 5) is 12.9. The van der Waals surface area contributed by atoms with Crippen molar-refractivity contribution in [3.05, 3.63) is 0 Å². The Labute approximate surface area is 108 Å². The highest BCUT2D eigenvalue weighted by Gasteiger charge is 2.56. The number of fused-ring (bicyclic) bond motifs is 1. The molecule has 0 aromatic heterocycles. The molecule has 3 unspecified atom stereocenters. The average Bonchev–Trinajstić information content (AvgIpc) is 2.89. The summed E-state index contributed by atoms with van der Waals surface area (Å²) < 4.78 is 0.0923. The van der Waals surface area contributed by atoms with Gasteiger partial charge in [0.2, 0.25) is 0 Å². The van der Waals surface area contributed by atoms with Crippen molar-refractivity contribution in [1.29, 1.82) is 0 Å². The van der Waals surface area contributed by atoms with Crippen LogP contribution in [0.15, 0.2) is 0 Å². The van der Waals surface area contributed by atoms with Gasteiger partial charge in [-0.3, -0.25) is 4.79 Å². The van der Waals surface area contributed by atoms with E-state index < -0.39 is 0 Å². The standard InChI is InChI=1S/C15H25OS/c1-15(17-10-4-5-11-17)9-8-12-6-2-3-7-13(12)14(15)16/h12-13H,2-11H2,1H3/q+1. The van der Waals surface area contributed by atoms with Gasteiger partial charge in [0.25, 0.3) is 0 Å². The first-order valence-corrected chi connectivity index (χ1v) is 9.00. The number of carbonyl (C=O) groups is 1. The molecule has 0 radical (unpaired) electrons. The zero-order valence-corrected chi connectivity index (χ0v) is 11.9. The minimum Gasteiger partial charge on any atom is -0.293 e. The summed E-state index contributed by atoms with van der Waals surface area (Å²) in [5.74, 6) is 4.59. The Hall–Kier alpha value is 0.0200. The fourth-order valence-corrected chi connectivity index (χ4v) is 7.32. The van der Waals surface area contributed by atoms with Crippen molar-refractivity contribution in [1.82, 2.24) is 0 Å². The molecule has 0 aromatic carbocycles. The van der Waals surface area contributed by atoms with Gasteiger partial charge < -0.3 is 0 Å². The Morgan fingerprint density at radius 2 is 1.76 bits per heavy atom. The molecule has 3 rings (SSSR count). The van der Waals surface area contributed by atoms with E-state index >= 15 is 0 Å². The van der Waals surface area contributed by atoms with Crippen molar-refractivity contribution in [3.8, 4) is 0 Å². The highest BCUT2D eigenvalue weighted by Crippen LogP contribution is 2.46. The molecule has 0 amide bonds. The van der Waals surface area contributed by atoms with E-state index in [9.17, 15) is 4.79 Å². The molecule has 1 aliphatic heterocycles. The van der Waals surface area contributed by atoms with Gasteiger partial charge in [-0.1, -0.05) is 12.8 Å². The Balaban J connectivity index is 1.80. The zero-order valence-electron chi connectivity index (χ0n) is 11.0. The van der Waals surface area contributed by atoms with Crippen LogP contribution in [0.5, 0.6) is 0 Å². The first-order chi connectivity index (χ1) is 8.22. The third-order valence-electron chi connectivity index (χ3n) is 5.43. The number of rotatable bonds is 1. The van der Waals surface area contributed by atoms with Crippen LogP contribution < -0.4 is 0 Å². The molecule has 96 valence electrons. The first kappa shape index (κ1) is 12.1. The Morgan fingerprint density at radius 1 is 1.06 bits per heavy atom. The van der Waals surface area contributed by atoms with E-state index in [1.165, 1.54) is 62.9 Å². The summed E-state index contributed by atoms with van der Waals surface area (Å²) in [6, 6.07) is 0. The monoisotopic (exact) mass is 253 g/mol. The Kier molecular flexibility index (Phi) is 3.27. The second kappa shape index (κ2) is 4.60. The predicted octanol–water partition coefficient (Wildman–Crippen LogP) is 3.33. The highest BCUT2D eigenvalue weighted by molar-refractivity contribution is 7.99. The SMILES string of the molecule is CC1([S+]2CCCC2)CCC2CCCCC2C1=O. The molecule has 2 saturated carbocycles. The lowest BCUT2D eigenvalue weighted by molar-refractivity contribution is -0.130. The van der Waals surface area contributed by atoms with E-state index in [4.69, 9.17) is 0 Å². The van der Waals surface area contributed by atoms with E-state index in [1.807, 2.05) is 0 Å². The number of carbonyl (C=O) groups excluding carboxylic acids is 1. The summed E-state index contributed by atoms with van der Waals surface area (Å²) in [5, 5.41) is 0. The van der Waals surface area contributed by atoms with Crippen LogP contribution in [0, 0.1) is 11.8 Å². The predicted molar refractivity (Wildman–Crippen MR) is 74.4 cm³/mol. The van der Waals surface area contributed by atoms with Crippen LogP contribution >= 0.6 is 0 Å². The van der Waals surface area contributed by atoms with Crippen molar-refractivity contribution < 1.29 is 4.79 Å². The van der Waals surface area contributed by atoms with Crippen molar-refractivity contribution in [2.24, 2.45) is 11.8 Å². The van der Waals surface area contributed by atoms with Gasteiger partial charge in [-0.2, -0.15) is 0 Å². The molecule has 1 heterocycles. The minimum atomic E-state index is 0.0923. The lowest BCUT2D eigenvalue weighted by Gasteiger charge is -2.41. The van der Waals surface area contributed by atoms with Crippen LogP contribution in [0.25, 0.3) is 0 Å². The van der Waals surface area contributed by atoms with Crippen LogP contribution in [-0.2, 0) is 15.7 Å². The summed E-state index contributed by atoms with van der Waals surface area (Å²) in [6.07, 6.45) is 10.5. The van der Waals surface area contributed by atoms with Crippen LogP contribution in [0.1, 0.15) is 58.3 Å². The number of ketones is 1. The smallest absolute Gasteiger partial charge is 0.190 e. The molecule has 2 heteroatoms. The van der Waals surface area contributed by atoms with E-state index in [0.717, 1.165) is 5.92 Å². The van der Waals surface area contributed by atoms with Gasteiger partial charge in [-0.05, 0) is 44.9 Å². The normalized spacial score (nSPS) is 43.7. The van der Waals surface area contributed by atoms with Gasteiger partial charge in [-0.25, -0.2) is 0 Å². The lowest BCUT2D eigenvalue weighted by atomic mass is 9.67. The average molecular weight is 253 g/mol. The minimum absolute atomic E-state index is 0.0923. The first-order valence-electron chi connectivity index (χ1n) is 7.44. The second-order valence-corrected chi connectivity index (χ2v) is 9.10. The fraction of sp³-hybridized carbons (Fsp3) is 0.933. The summed E-state index contributed by atoms with van der Waals surface area (Å²) in [7, 11) is 0.426. The Morgan fingerprint density at radius 3 is 2.53 bits per heavy atom. The summed E-state index contributed by atoms with van der Waals surface area (Å²) >= 11 is 0. The maximum atomic E-state index is 12.9. The van der Waals surface area contributed by atoms with Gasteiger partial charge in [0, 0.05) is 23.2 Å². The third-order valence-corrected chi connectivity index (χ3v) is 8.67. The van der Waals surface area contributed by atoms with Gasteiger partial charge in [-0.15, -0.1) is 0 Å². The van der Waals surface area contributed by atoms with Gasteiger partial charge in [0.1, 0.15) is 11.5 Å². The molecule has 0 N–H and O–H groups in total. The molecule has 1 nitrogen and oxygen atoms in total. The van der Waals surface area contributed by atoms with E-state index in [0.29, 0.717) is 22.6 Å². The van der Waals surface area contributed by atoms with Crippen molar-refractivity contribution in [3.63, 3.8) is 0 Å². The van der Waals surface area contributed by atoms with Gasteiger partial charge in [0.15, 0.2) is 10.5 Å². The molecular formula is C15H25OS+. The van der Waals surface area contributed by atoms with Crippen molar-refractivity contribution in [2.75, 3.05) is 11.5 Å². The molecule has 0 spiro atoms. The molecule has 3 aliphatic rings. The quantitative estimate of drug-likeness (QED) is 0.655. The van der Waals surface area contributed by atoms with E-state index in [1.54, 1.807) is 0 Å². The van der Waals surface area contributed by atoms with Crippen LogP contribution in [-0.4, -0.2) is 22.0 Å². The van der Waals surface area contributed by atoms with Crippen LogP contribution in [0.3, 0.4) is 0 Å². The van der Waals surface area contributed by atoms with E-state index in [-0.39, 0.29) is 4.75 Å². The lowest BCUT2D eigenvalue weighted by Crippen LogP contribution is -2.53.